The number of hydrogen-bond donors (Lipinski definition) is 2. The summed E-state index contributed by atoms with van der Waals surface area (Å²) in [6, 6.07) is 26.5. The van der Waals surface area contributed by atoms with Crippen molar-refractivity contribution < 1.29 is 0 Å². The smallest absolute Gasteiger partial charge is 0.205 e. The molecule has 0 aliphatic carbocycles. The minimum Gasteiger partial charge on any atom is -0.326 e. The molecule has 3 aromatic rings. The van der Waals surface area contributed by atoms with Crippen LogP contribution in [-0.4, -0.2) is 5.96 Å². The zero-order valence-corrected chi connectivity index (χ0v) is 12.0. The fraction of sp³-hybridized carbons (Fsp3) is 0. The molecule has 0 bridgehead atoms. The molecule has 1 heterocycles. The summed E-state index contributed by atoms with van der Waals surface area (Å²) in [6.45, 7) is 0. The van der Waals surface area contributed by atoms with Crippen LogP contribution in [0.5, 0.6) is 0 Å². The topological polar surface area (TPSA) is 36.4 Å². The van der Waals surface area contributed by atoms with Crippen molar-refractivity contribution in [2.45, 2.75) is 0 Å². The van der Waals surface area contributed by atoms with Crippen LogP contribution in [0.25, 0.3) is 11.1 Å². The number of nitrogens with zero attached hydrogens (tertiary/aromatic N) is 1. The molecule has 0 radical (unpaired) electrons. The molecule has 22 heavy (non-hydrogen) atoms. The second kappa shape index (κ2) is 5.37. The van der Waals surface area contributed by atoms with Crippen molar-refractivity contribution in [3.05, 3.63) is 78.9 Å². The normalized spacial score (nSPS) is 12.3. The summed E-state index contributed by atoms with van der Waals surface area (Å²) in [4.78, 5) is 4.74. The summed E-state index contributed by atoms with van der Waals surface area (Å²) in [6.07, 6.45) is 0. The number of anilines is 2. The fourth-order valence-electron chi connectivity index (χ4n) is 2.62. The lowest BCUT2D eigenvalue weighted by atomic mass is 10.0. The number of para-hydroxylation sites is 3. The predicted octanol–water partition coefficient (Wildman–Crippen LogP) is 4.88. The van der Waals surface area contributed by atoms with Crippen LogP contribution in [0, 0.1) is 0 Å². The maximum atomic E-state index is 4.74. The van der Waals surface area contributed by atoms with Gasteiger partial charge in [-0.2, -0.15) is 0 Å². The van der Waals surface area contributed by atoms with Crippen molar-refractivity contribution >= 4 is 23.0 Å². The monoisotopic (exact) mass is 285 g/mol. The minimum absolute atomic E-state index is 0.726. The highest BCUT2D eigenvalue weighted by atomic mass is 15.2. The molecule has 0 saturated carbocycles. The Labute approximate surface area is 129 Å². The second-order valence-corrected chi connectivity index (χ2v) is 5.14. The van der Waals surface area contributed by atoms with E-state index in [1.54, 1.807) is 0 Å². The Bertz CT molecular complexity index is 838. The third kappa shape index (κ3) is 2.33. The average molecular weight is 285 g/mol. The van der Waals surface area contributed by atoms with Gasteiger partial charge in [0.2, 0.25) is 5.96 Å². The van der Waals surface area contributed by atoms with Gasteiger partial charge in [0.05, 0.1) is 5.69 Å². The first-order chi connectivity index (χ1) is 10.9. The van der Waals surface area contributed by atoms with E-state index in [0.29, 0.717) is 0 Å². The quantitative estimate of drug-likeness (QED) is 0.668. The highest BCUT2D eigenvalue weighted by Crippen LogP contribution is 2.37. The summed E-state index contributed by atoms with van der Waals surface area (Å²) >= 11 is 0. The number of guanidine groups is 1. The molecule has 0 atom stereocenters. The molecule has 0 unspecified atom stereocenters. The van der Waals surface area contributed by atoms with Crippen molar-refractivity contribution in [3.8, 4) is 11.1 Å². The van der Waals surface area contributed by atoms with Crippen LogP contribution in [0.15, 0.2) is 83.9 Å². The Morgan fingerprint density at radius 2 is 1.36 bits per heavy atom. The van der Waals surface area contributed by atoms with Gasteiger partial charge in [-0.05, 0) is 24.3 Å². The zero-order valence-electron chi connectivity index (χ0n) is 12.0. The lowest BCUT2D eigenvalue weighted by molar-refractivity contribution is 1.48. The first kappa shape index (κ1) is 12.7. The van der Waals surface area contributed by atoms with Crippen molar-refractivity contribution in [2.24, 2.45) is 4.99 Å². The zero-order chi connectivity index (χ0) is 14.8. The Kier molecular flexibility index (Phi) is 3.09. The Morgan fingerprint density at radius 1 is 0.682 bits per heavy atom. The number of nitrogens with one attached hydrogen (secondary N) is 2. The summed E-state index contributed by atoms with van der Waals surface area (Å²) in [5.74, 6) is 0.726. The van der Waals surface area contributed by atoms with Crippen LogP contribution in [0.1, 0.15) is 0 Å². The van der Waals surface area contributed by atoms with E-state index in [1.165, 1.54) is 0 Å². The lowest BCUT2D eigenvalue weighted by Crippen LogP contribution is -2.21. The highest BCUT2D eigenvalue weighted by molar-refractivity contribution is 6.09. The molecule has 0 saturated heterocycles. The summed E-state index contributed by atoms with van der Waals surface area (Å²) < 4.78 is 0. The van der Waals surface area contributed by atoms with Gasteiger partial charge in [-0.15, -0.1) is 0 Å². The molecule has 0 amide bonds. The average Bonchev–Trinajstić information content (AvgIpc) is 2.72. The SMILES string of the molecule is c1ccc(NC2=Nc3ccccc3-c3ccccc3N2)cc1. The Morgan fingerprint density at radius 3 is 2.23 bits per heavy atom. The maximum absolute atomic E-state index is 4.74. The van der Waals surface area contributed by atoms with Gasteiger partial charge < -0.3 is 10.6 Å². The van der Waals surface area contributed by atoms with E-state index in [4.69, 9.17) is 4.99 Å². The van der Waals surface area contributed by atoms with Gasteiger partial charge in [0.25, 0.3) is 0 Å². The molecule has 1 aliphatic rings. The van der Waals surface area contributed by atoms with Crippen molar-refractivity contribution in [3.63, 3.8) is 0 Å². The van der Waals surface area contributed by atoms with Gasteiger partial charge in [0.1, 0.15) is 0 Å². The van der Waals surface area contributed by atoms with E-state index >= 15 is 0 Å². The van der Waals surface area contributed by atoms with Gasteiger partial charge in [-0.3, -0.25) is 0 Å². The van der Waals surface area contributed by atoms with Crippen molar-refractivity contribution in [2.75, 3.05) is 10.6 Å². The number of benzene rings is 3. The number of aliphatic imine (C=N–C) groups is 1. The molecule has 2 N–H and O–H groups in total. The van der Waals surface area contributed by atoms with Gasteiger partial charge in [-0.1, -0.05) is 54.6 Å². The third-order valence-electron chi connectivity index (χ3n) is 3.64. The first-order valence-electron chi connectivity index (χ1n) is 7.26. The summed E-state index contributed by atoms with van der Waals surface area (Å²) in [5, 5.41) is 6.74. The predicted molar refractivity (Wildman–Crippen MR) is 92.7 cm³/mol. The standard InChI is InChI=1S/C19H15N3/c1-2-8-14(9-3-1)20-19-21-17-12-6-4-10-15(17)16-11-5-7-13-18(16)22-19/h1-13H,(H2,20,21,22). The van der Waals surface area contributed by atoms with Crippen LogP contribution >= 0.6 is 0 Å². The largest absolute Gasteiger partial charge is 0.326 e. The van der Waals surface area contributed by atoms with Crippen LogP contribution in [0.4, 0.5) is 17.1 Å². The van der Waals surface area contributed by atoms with E-state index in [9.17, 15) is 0 Å². The second-order valence-electron chi connectivity index (χ2n) is 5.14. The Balaban J connectivity index is 1.81. The minimum atomic E-state index is 0.726. The van der Waals surface area contributed by atoms with E-state index in [-0.39, 0.29) is 0 Å². The van der Waals surface area contributed by atoms with E-state index in [2.05, 4.69) is 28.8 Å². The van der Waals surface area contributed by atoms with Gasteiger partial charge in [0.15, 0.2) is 0 Å². The van der Waals surface area contributed by atoms with E-state index in [0.717, 1.165) is 34.1 Å². The fourth-order valence-corrected chi connectivity index (χ4v) is 2.62. The molecule has 3 heteroatoms. The van der Waals surface area contributed by atoms with Gasteiger partial charge in [-0.25, -0.2) is 4.99 Å². The molecule has 106 valence electrons. The highest BCUT2D eigenvalue weighted by Gasteiger charge is 2.15. The maximum Gasteiger partial charge on any atom is 0.205 e. The van der Waals surface area contributed by atoms with Crippen LogP contribution in [-0.2, 0) is 0 Å². The van der Waals surface area contributed by atoms with Crippen LogP contribution < -0.4 is 10.6 Å². The molecular weight excluding hydrogens is 270 g/mol. The van der Waals surface area contributed by atoms with Gasteiger partial charge >= 0.3 is 0 Å². The molecule has 3 aromatic carbocycles. The molecule has 1 aliphatic heterocycles. The summed E-state index contributed by atoms with van der Waals surface area (Å²) in [7, 11) is 0. The number of fused-ring (bicyclic) bond motifs is 3. The van der Waals surface area contributed by atoms with Crippen molar-refractivity contribution in [1.29, 1.82) is 0 Å². The molecule has 3 nitrogen and oxygen atoms in total. The van der Waals surface area contributed by atoms with E-state index in [1.807, 2.05) is 60.7 Å². The van der Waals surface area contributed by atoms with Crippen LogP contribution in [0.3, 0.4) is 0 Å². The molecule has 0 spiro atoms. The molecule has 0 fully saturated rings. The van der Waals surface area contributed by atoms with Gasteiger partial charge in [0, 0.05) is 22.5 Å². The lowest BCUT2D eigenvalue weighted by Gasteiger charge is -2.12. The number of rotatable bonds is 1. The first-order valence-corrected chi connectivity index (χ1v) is 7.26. The molecular formula is C19H15N3. The Hall–Kier alpha value is -3.07. The van der Waals surface area contributed by atoms with E-state index < -0.39 is 0 Å². The van der Waals surface area contributed by atoms with Crippen LogP contribution in [0.2, 0.25) is 0 Å². The third-order valence-corrected chi connectivity index (χ3v) is 3.64. The van der Waals surface area contributed by atoms with Crippen molar-refractivity contribution in [1.82, 2.24) is 0 Å². The summed E-state index contributed by atoms with van der Waals surface area (Å²) in [5.41, 5.74) is 5.31. The molecule has 0 aromatic heterocycles. The number of hydrogen-bond acceptors (Lipinski definition) is 3. The molecule has 4 rings (SSSR count).